The number of thiazole rings is 1. The summed E-state index contributed by atoms with van der Waals surface area (Å²) >= 11 is 1.25. The highest BCUT2D eigenvalue weighted by molar-refractivity contribution is 7.14. The van der Waals surface area contributed by atoms with Crippen molar-refractivity contribution in [3.8, 4) is 0 Å². The molecule has 1 N–H and O–H groups in total. The molecule has 0 bridgehead atoms. The fraction of sp³-hybridized carbons (Fsp3) is 0.750. The minimum atomic E-state index is -4.25. The van der Waals surface area contributed by atoms with E-state index in [0.717, 1.165) is 38.0 Å². The quantitative estimate of drug-likeness (QED) is 0.599. The van der Waals surface area contributed by atoms with Gasteiger partial charge in [0.15, 0.2) is 10.9 Å². The first-order valence-electron chi connectivity index (χ1n) is 11.8. The van der Waals surface area contributed by atoms with Crippen LogP contribution < -0.4 is 10.2 Å². The molecule has 0 spiro atoms. The molecule has 3 aliphatic carbocycles. The topological polar surface area (TPSA) is 45.2 Å². The van der Waals surface area contributed by atoms with E-state index < -0.39 is 12.7 Å². The number of alkyl halides is 3. The first-order chi connectivity index (χ1) is 15.0. The van der Waals surface area contributed by atoms with Crippen molar-refractivity contribution in [2.75, 3.05) is 23.3 Å². The fourth-order valence-electron chi connectivity index (χ4n) is 7.78. The van der Waals surface area contributed by atoms with E-state index >= 15 is 0 Å². The van der Waals surface area contributed by atoms with Crippen LogP contribution in [0.25, 0.3) is 0 Å². The maximum absolute atomic E-state index is 12.6. The van der Waals surface area contributed by atoms with Gasteiger partial charge < -0.3 is 10.2 Å². The summed E-state index contributed by atoms with van der Waals surface area (Å²) in [7, 11) is 0. The molecule has 7 atom stereocenters. The Labute approximate surface area is 191 Å². The predicted molar refractivity (Wildman–Crippen MR) is 121 cm³/mol. The zero-order valence-corrected chi connectivity index (χ0v) is 19.7. The summed E-state index contributed by atoms with van der Waals surface area (Å²) in [6.07, 6.45) is 5.35. The number of allylic oxidation sites excluding steroid dienone is 2. The third-order valence-corrected chi connectivity index (χ3v) is 10.1. The Morgan fingerprint density at radius 2 is 1.97 bits per heavy atom. The highest BCUT2D eigenvalue weighted by atomic mass is 32.1. The molecule has 1 saturated heterocycles. The number of nitrogens with one attached hydrogen (secondary N) is 1. The zero-order chi connectivity index (χ0) is 22.9. The molecule has 2 unspecified atom stereocenters. The number of aromatic nitrogens is 1. The molecule has 8 heteroatoms. The number of hydrogen-bond donors (Lipinski definition) is 1. The highest BCUT2D eigenvalue weighted by Gasteiger charge is 2.60. The van der Waals surface area contributed by atoms with Gasteiger partial charge in [0.05, 0.1) is 0 Å². The van der Waals surface area contributed by atoms with Crippen molar-refractivity contribution in [2.24, 2.45) is 35.0 Å². The van der Waals surface area contributed by atoms with Crippen molar-refractivity contribution >= 4 is 28.1 Å². The lowest BCUT2D eigenvalue weighted by atomic mass is 9.46. The van der Waals surface area contributed by atoms with Crippen molar-refractivity contribution in [1.29, 1.82) is 0 Å². The monoisotopic (exact) mass is 467 g/mol. The Morgan fingerprint density at radius 3 is 2.72 bits per heavy atom. The molecule has 0 aromatic carbocycles. The Balaban J connectivity index is 1.36. The Kier molecular flexibility index (Phi) is 5.19. The van der Waals surface area contributed by atoms with E-state index in [0.29, 0.717) is 28.8 Å². The summed E-state index contributed by atoms with van der Waals surface area (Å²) in [6, 6.07) is 0. The van der Waals surface area contributed by atoms with Crippen LogP contribution in [0.2, 0.25) is 0 Å². The second-order valence-electron chi connectivity index (χ2n) is 10.8. The van der Waals surface area contributed by atoms with Crippen molar-refractivity contribution in [2.45, 2.75) is 64.6 Å². The molecule has 0 amide bonds. The number of carbonyl (C=O) groups excluding carboxylic acids is 1. The molecule has 32 heavy (non-hydrogen) atoms. The largest absolute Gasteiger partial charge is 0.405 e. The van der Waals surface area contributed by atoms with Gasteiger partial charge in [-0.3, -0.25) is 4.79 Å². The van der Waals surface area contributed by atoms with Crippen molar-refractivity contribution < 1.29 is 18.0 Å². The molecule has 2 heterocycles. The molecule has 4 aliphatic rings. The third kappa shape index (κ3) is 3.39. The maximum atomic E-state index is 12.6. The van der Waals surface area contributed by atoms with Crippen molar-refractivity contribution in [3.05, 3.63) is 17.5 Å². The Morgan fingerprint density at radius 1 is 1.19 bits per heavy atom. The summed E-state index contributed by atoms with van der Waals surface area (Å²) in [5, 5.41) is 4.65. The second-order valence-corrected chi connectivity index (χ2v) is 11.6. The number of halogens is 3. The fourth-order valence-corrected chi connectivity index (χ4v) is 8.47. The van der Waals surface area contributed by atoms with Gasteiger partial charge in [0.2, 0.25) is 0 Å². The van der Waals surface area contributed by atoms with E-state index in [1.807, 2.05) is 11.5 Å². The summed E-state index contributed by atoms with van der Waals surface area (Å²) in [4.78, 5) is 19.2. The Hall–Kier alpha value is -1.57. The lowest BCUT2D eigenvalue weighted by Gasteiger charge is -2.60. The lowest BCUT2D eigenvalue weighted by molar-refractivity contribution is -0.127. The number of fused-ring (bicyclic) bond motifs is 5. The predicted octanol–water partition coefficient (Wildman–Crippen LogP) is 5.92. The van der Waals surface area contributed by atoms with Crippen LogP contribution in [0, 0.1) is 35.0 Å². The van der Waals surface area contributed by atoms with Crippen LogP contribution in [-0.2, 0) is 4.79 Å². The van der Waals surface area contributed by atoms with Gasteiger partial charge in [-0.1, -0.05) is 19.9 Å². The van der Waals surface area contributed by atoms with Crippen LogP contribution in [-0.4, -0.2) is 35.6 Å². The number of anilines is 2. The first-order valence-corrected chi connectivity index (χ1v) is 12.7. The van der Waals surface area contributed by atoms with E-state index in [9.17, 15) is 18.0 Å². The van der Waals surface area contributed by atoms with Gasteiger partial charge in [-0.05, 0) is 74.2 Å². The van der Waals surface area contributed by atoms with Crippen LogP contribution >= 0.6 is 11.3 Å². The smallest absolute Gasteiger partial charge is 0.352 e. The van der Waals surface area contributed by atoms with Gasteiger partial charge in [0.1, 0.15) is 12.4 Å². The van der Waals surface area contributed by atoms with Crippen LogP contribution in [0.4, 0.5) is 24.1 Å². The third-order valence-electron chi connectivity index (χ3n) is 9.35. The highest BCUT2D eigenvalue weighted by Crippen LogP contribution is 2.63. The van der Waals surface area contributed by atoms with Crippen LogP contribution in [0.1, 0.15) is 52.9 Å². The van der Waals surface area contributed by atoms with Gasteiger partial charge in [-0.2, -0.15) is 13.2 Å². The lowest BCUT2D eigenvalue weighted by Crippen LogP contribution is -2.58. The SMILES string of the molecule is CC1C(=O)C=C[C@@]2(C)C1CC[C@@H]1[C@H]2CC[C@@]2(C)[C@H]1CCN2c1csc(NCC(F)(F)F)n1. The van der Waals surface area contributed by atoms with Crippen molar-refractivity contribution in [1.82, 2.24) is 4.98 Å². The van der Waals surface area contributed by atoms with E-state index in [1.54, 1.807) is 0 Å². The summed E-state index contributed by atoms with van der Waals surface area (Å²) in [6.45, 7) is 6.66. The Bertz CT molecular complexity index is 930. The summed E-state index contributed by atoms with van der Waals surface area (Å²) < 4.78 is 37.7. The van der Waals surface area contributed by atoms with E-state index in [4.69, 9.17) is 0 Å². The van der Waals surface area contributed by atoms with Gasteiger partial charge in [-0.15, -0.1) is 11.3 Å². The standard InChI is InChI=1S/C24H32F3N3OS/c1-14-16-5-4-15-17(22(16,2)9-7-19(14)31)6-10-23(3)18(15)8-11-30(23)20-12-32-21(29-20)28-13-24(25,26)27/h7,9,12,14-18H,4-6,8,10-11,13H2,1-3H3,(H,28,29)/t14?,15-,16?,17-,18+,22+,23+/m1/s1. The van der Waals surface area contributed by atoms with E-state index in [1.165, 1.54) is 17.8 Å². The average molecular weight is 468 g/mol. The molecule has 1 aromatic rings. The molecule has 3 fully saturated rings. The molecule has 1 aliphatic heterocycles. The summed E-state index contributed by atoms with van der Waals surface area (Å²) in [5.41, 5.74) is 0.0693. The molecule has 1 aromatic heterocycles. The van der Waals surface area contributed by atoms with Gasteiger partial charge >= 0.3 is 6.18 Å². The minimum absolute atomic E-state index is 0.0143. The number of carbonyl (C=O) groups is 1. The van der Waals surface area contributed by atoms with E-state index in [-0.39, 0.29) is 22.7 Å². The van der Waals surface area contributed by atoms with Crippen LogP contribution in [0.5, 0.6) is 0 Å². The molecule has 5 rings (SSSR count). The number of hydrogen-bond acceptors (Lipinski definition) is 5. The van der Waals surface area contributed by atoms with E-state index in [2.05, 4.69) is 42.0 Å². The van der Waals surface area contributed by atoms with Crippen LogP contribution in [0.15, 0.2) is 17.5 Å². The number of ketones is 1. The number of nitrogens with zero attached hydrogens (tertiary/aromatic N) is 2. The average Bonchev–Trinajstić information content (AvgIpc) is 3.32. The molecule has 0 radical (unpaired) electrons. The molecular formula is C24H32F3N3OS. The second kappa shape index (κ2) is 7.47. The maximum Gasteiger partial charge on any atom is 0.405 e. The molecule has 176 valence electrons. The normalized spacial score (nSPS) is 41.2. The molecule has 2 saturated carbocycles. The number of rotatable bonds is 3. The molecule has 4 nitrogen and oxygen atoms in total. The molecular weight excluding hydrogens is 435 g/mol. The minimum Gasteiger partial charge on any atom is -0.352 e. The van der Waals surface area contributed by atoms with Crippen molar-refractivity contribution in [3.63, 3.8) is 0 Å². The van der Waals surface area contributed by atoms with Gasteiger partial charge in [-0.25, -0.2) is 4.98 Å². The van der Waals surface area contributed by atoms with Crippen LogP contribution in [0.3, 0.4) is 0 Å². The summed E-state index contributed by atoms with van der Waals surface area (Å²) in [5.74, 6) is 3.38. The van der Waals surface area contributed by atoms with Gasteiger partial charge in [0, 0.05) is 23.4 Å². The first kappa shape index (κ1) is 22.2. The van der Waals surface area contributed by atoms with Gasteiger partial charge in [0.25, 0.3) is 0 Å². The zero-order valence-electron chi connectivity index (χ0n) is 18.9.